The molecule has 0 spiro atoms. The number of carbonyl (C=O) groups is 1. The van der Waals surface area contributed by atoms with Gasteiger partial charge in [-0.05, 0) is 30.3 Å². The lowest BCUT2D eigenvalue weighted by Crippen LogP contribution is -2.18. The molecule has 29 heavy (non-hydrogen) atoms. The summed E-state index contributed by atoms with van der Waals surface area (Å²) in [4.78, 5) is 12.2. The fourth-order valence-electron chi connectivity index (χ4n) is 2.49. The highest BCUT2D eigenvalue weighted by atomic mass is 35.5. The van der Waals surface area contributed by atoms with Crippen LogP contribution in [0.25, 0.3) is 11.4 Å². The third-order valence-corrected chi connectivity index (χ3v) is 5.43. The SMILES string of the molecule is Cn1c(SCC(=O)Nc2ccc(Cl)cc2C(F)(F)F)nnc1-c1ccccc1Cl. The predicted octanol–water partition coefficient (Wildman–Crippen LogP) is 5.54. The number of hydrogen-bond acceptors (Lipinski definition) is 4. The summed E-state index contributed by atoms with van der Waals surface area (Å²) in [5.74, 6) is -0.269. The molecule has 0 aliphatic carbocycles. The second kappa shape index (κ2) is 8.64. The van der Waals surface area contributed by atoms with E-state index in [1.54, 1.807) is 35.9 Å². The van der Waals surface area contributed by atoms with E-state index in [0.29, 0.717) is 21.6 Å². The van der Waals surface area contributed by atoms with Crippen LogP contribution < -0.4 is 5.32 Å². The third kappa shape index (κ3) is 5.04. The molecule has 2 aromatic carbocycles. The van der Waals surface area contributed by atoms with Crippen LogP contribution in [0, 0.1) is 0 Å². The van der Waals surface area contributed by atoms with Gasteiger partial charge in [-0.15, -0.1) is 10.2 Å². The first-order chi connectivity index (χ1) is 13.7. The van der Waals surface area contributed by atoms with Gasteiger partial charge in [0.05, 0.1) is 22.0 Å². The number of carbonyl (C=O) groups excluding carboxylic acids is 1. The van der Waals surface area contributed by atoms with Crippen LogP contribution in [0.1, 0.15) is 5.56 Å². The van der Waals surface area contributed by atoms with Crippen molar-refractivity contribution in [3.8, 4) is 11.4 Å². The van der Waals surface area contributed by atoms with Crippen molar-refractivity contribution in [1.82, 2.24) is 14.8 Å². The maximum absolute atomic E-state index is 13.1. The first-order valence-corrected chi connectivity index (χ1v) is 9.84. The molecule has 0 aliphatic heterocycles. The highest BCUT2D eigenvalue weighted by molar-refractivity contribution is 7.99. The Morgan fingerprint density at radius 1 is 1.17 bits per heavy atom. The normalized spacial score (nSPS) is 11.5. The predicted molar refractivity (Wildman–Crippen MR) is 107 cm³/mol. The molecule has 1 amide bonds. The minimum absolute atomic E-state index is 0.0733. The Bertz CT molecular complexity index is 1060. The Labute approximate surface area is 178 Å². The number of aromatic nitrogens is 3. The van der Waals surface area contributed by atoms with Gasteiger partial charge in [-0.2, -0.15) is 13.2 Å². The Morgan fingerprint density at radius 3 is 2.59 bits per heavy atom. The number of nitrogens with one attached hydrogen (secondary N) is 1. The van der Waals surface area contributed by atoms with E-state index in [2.05, 4.69) is 15.5 Å². The molecule has 0 fully saturated rings. The fourth-order valence-corrected chi connectivity index (χ4v) is 3.60. The zero-order chi connectivity index (χ0) is 21.2. The number of rotatable bonds is 5. The molecule has 11 heteroatoms. The molecule has 3 rings (SSSR count). The van der Waals surface area contributed by atoms with Crippen molar-refractivity contribution >= 4 is 46.6 Å². The number of benzene rings is 2. The van der Waals surface area contributed by atoms with Gasteiger partial charge in [0.15, 0.2) is 11.0 Å². The fraction of sp³-hybridized carbons (Fsp3) is 0.167. The van der Waals surface area contributed by atoms with Gasteiger partial charge < -0.3 is 9.88 Å². The van der Waals surface area contributed by atoms with Gasteiger partial charge in [0, 0.05) is 17.6 Å². The Morgan fingerprint density at radius 2 is 1.90 bits per heavy atom. The summed E-state index contributed by atoms with van der Waals surface area (Å²) in [5, 5.41) is 11.2. The molecule has 1 heterocycles. The summed E-state index contributed by atoms with van der Waals surface area (Å²) in [6.45, 7) is 0. The molecule has 0 saturated heterocycles. The number of hydrogen-bond donors (Lipinski definition) is 1. The van der Waals surface area contributed by atoms with Crippen LogP contribution in [0.3, 0.4) is 0 Å². The van der Waals surface area contributed by atoms with Gasteiger partial charge in [0.2, 0.25) is 5.91 Å². The average Bonchev–Trinajstić information content (AvgIpc) is 3.01. The van der Waals surface area contributed by atoms with Gasteiger partial charge in [0.25, 0.3) is 0 Å². The van der Waals surface area contributed by atoms with Crippen molar-refractivity contribution in [2.24, 2.45) is 7.05 Å². The Balaban J connectivity index is 1.71. The van der Waals surface area contributed by atoms with Crippen LogP contribution in [0.5, 0.6) is 0 Å². The Kier molecular flexibility index (Phi) is 6.40. The maximum atomic E-state index is 13.1. The van der Waals surface area contributed by atoms with Crippen molar-refractivity contribution < 1.29 is 18.0 Å². The minimum atomic E-state index is -4.64. The third-order valence-electron chi connectivity index (χ3n) is 3.84. The molecule has 1 N–H and O–H groups in total. The largest absolute Gasteiger partial charge is 0.418 e. The van der Waals surface area contributed by atoms with E-state index in [0.717, 1.165) is 23.9 Å². The molecule has 0 unspecified atom stereocenters. The summed E-state index contributed by atoms with van der Waals surface area (Å²) in [7, 11) is 1.71. The molecular weight excluding hydrogens is 448 g/mol. The van der Waals surface area contributed by atoms with E-state index in [1.165, 1.54) is 6.07 Å². The van der Waals surface area contributed by atoms with Gasteiger partial charge >= 0.3 is 6.18 Å². The lowest BCUT2D eigenvalue weighted by atomic mass is 10.1. The first-order valence-electron chi connectivity index (χ1n) is 8.10. The van der Waals surface area contributed by atoms with E-state index in [1.807, 2.05) is 0 Å². The van der Waals surface area contributed by atoms with Crippen LogP contribution in [0.15, 0.2) is 47.6 Å². The topological polar surface area (TPSA) is 59.8 Å². The molecule has 0 saturated carbocycles. The van der Waals surface area contributed by atoms with Crippen molar-refractivity contribution in [3.05, 3.63) is 58.1 Å². The van der Waals surface area contributed by atoms with Gasteiger partial charge in [0.1, 0.15) is 0 Å². The van der Waals surface area contributed by atoms with E-state index in [-0.39, 0.29) is 16.5 Å². The second-order valence-corrected chi connectivity index (χ2v) is 7.66. The van der Waals surface area contributed by atoms with Crippen LogP contribution in [0.4, 0.5) is 18.9 Å². The van der Waals surface area contributed by atoms with Gasteiger partial charge in [-0.1, -0.05) is 47.1 Å². The highest BCUT2D eigenvalue weighted by Crippen LogP contribution is 2.36. The lowest BCUT2D eigenvalue weighted by Gasteiger charge is -2.14. The monoisotopic (exact) mass is 460 g/mol. The van der Waals surface area contributed by atoms with Crippen LogP contribution >= 0.6 is 35.0 Å². The molecular formula is C18H13Cl2F3N4OS. The molecule has 152 valence electrons. The second-order valence-electron chi connectivity index (χ2n) is 5.87. The van der Waals surface area contributed by atoms with Crippen molar-refractivity contribution in [1.29, 1.82) is 0 Å². The van der Waals surface area contributed by atoms with Crippen molar-refractivity contribution in [3.63, 3.8) is 0 Å². The van der Waals surface area contributed by atoms with E-state index in [4.69, 9.17) is 23.2 Å². The summed E-state index contributed by atoms with van der Waals surface area (Å²) in [6.07, 6.45) is -4.64. The molecule has 5 nitrogen and oxygen atoms in total. The average molecular weight is 461 g/mol. The number of anilines is 1. The number of halogens is 5. The smallest absolute Gasteiger partial charge is 0.325 e. The van der Waals surface area contributed by atoms with Gasteiger partial charge in [-0.3, -0.25) is 4.79 Å². The van der Waals surface area contributed by atoms with Crippen LogP contribution in [0.2, 0.25) is 10.0 Å². The number of alkyl halides is 3. The summed E-state index contributed by atoms with van der Waals surface area (Å²) >= 11 is 12.8. The quantitative estimate of drug-likeness (QED) is 0.507. The molecule has 0 aliphatic rings. The highest BCUT2D eigenvalue weighted by Gasteiger charge is 2.34. The van der Waals surface area contributed by atoms with Crippen LogP contribution in [-0.4, -0.2) is 26.4 Å². The number of amides is 1. The van der Waals surface area contributed by atoms with E-state index < -0.39 is 17.6 Å². The van der Waals surface area contributed by atoms with Crippen LogP contribution in [-0.2, 0) is 18.0 Å². The molecule has 1 aromatic heterocycles. The molecule has 0 bridgehead atoms. The first kappa shape index (κ1) is 21.5. The zero-order valence-electron chi connectivity index (χ0n) is 14.8. The molecule has 3 aromatic rings. The molecule has 0 atom stereocenters. The van der Waals surface area contributed by atoms with E-state index in [9.17, 15) is 18.0 Å². The van der Waals surface area contributed by atoms with E-state index >= 15 is 0 Å². The van der Waals surface area contributed by atoms with Crippen molar-refractivity contribution in [2.75, 3.05) is 11.1 Å². The Hall–Kier alpha value is -2.23. The lowest BCUT2D eigenvalue weighted by molar-refractivity contribution is -0.137. The zero-order valence-corrected chi connectivity index (χ0v) is 17.1. The van der Waals surface area contributed by atoms with Crippen molar-refractivity contribution in [2.45, 2.75) is 11.3 Å². The van der Waals surface area contributed by atoms with Gasteiger partial charge in [-0.25, -0.2) is 0 Å². The minimum Gasteiger partial charge on any atom is -0.325 e. The summed E-state index contributed by atoms with van der Waals surface area (Å²) in [5.41, 5.74) is -0.693. The summed E-state index contributed by atoms with van der Waals surface area (Å²) < 4.78 is 41.0. The summed E-state index contributed by atoms with van der Waals surface area (Å²) in [6, 6.07) is 10.3. The standard InChI is InChI=1S/C18H13Cl2F3N4OS/c1-27-16(11-4-2-3-5-13(11)20)25-26-17(27)29-9-15(28)24-14-7-6-10(19)8-12(14)18(21,22)23/h2-8H,9H2,1H3,(H,24,28). The molecule has 0 radical (unpaired) electrons. The maximum Gasteiger partial charge on any atom is 0.418 e. The number of thioether (sulfide) groups is 1. The number of nitrogens with zero attached hydrogens (tertiary/aromatic N) is 3.